The van der Waals surface area contributed by atoms with Gasteiger partial charge in [0, 0.05) is 25.3 Å². The number of carbonyl (C=O) groups is 2. The molecule has 5 nitrogen and oxygen atoms in total. The van der Waals surface area contributed by atoms with Crippen LogP contribution in [0.1, 0.15) is 21.5 Å². The fourth-order valence-electron chi connectivity index (χ4n) is 3.54. The standard InChI is InChI=1S/C18H17N3O2/c1-11-8-9-14-12(10-11)16(22)21(3)18(19-14)13-6-4-5-7-15(13)20(2)17(18)23/h4-10,19H,1-3H3/t18-/m0/s1. The van der Waals surface area contributed by atoms with Crippen LogP contribution in [-0.4, -0.2) is 30.8 Å². The molecule has 23 heavy (non-hydrogen) atoms. The van der Waals surface area contributed by atoms with E-state index in [1.807, 2.05) is 49.4 Å². The topological polar surface area (TPSA) is 52.7 Å². The summed E-state index contributed by atoms with van der Waals surface area (Å²) in [7, 11) is 3.41. The van der Waals surface area contributed by atoms with Crippen molar-refractivity contribution in [1.82, 2.24) is 4.90 Å². The van der Waals surface area contributed by atoms with Crippen molar-refractivity contribution < 1.29 is 9.59 Å². The number of hydrogen-bond acceptors (Lipinski definition) is 3. The van der Waals surface area contributed by atoms with Crippen molar-refractivity contribution in [3.8, 4) is 0 Å². The number of nitrogens with one attached hydrogen (secondary N) is 1. The van der Waals surface area contributed by atoms with E-state index in [4.69, 9.17) is 0 Å². The number of para-hydroxylation sites is 1. The Morgan fingerprint density at radius 1 is 1.04 bits per heavy atom. The van der Waals surface area contributed by atoms with Crippen LogP contribution in [0, 0.1) is 6.92 Å². The molecule has 0 fully saturated rings. The number of benzene rings is 2. The summed E-state index contributed by atoms with van der Waals surface area (Å²) in [5.74, 6) is -0.304. The van der Waals surface area contributed by atoms with Crippen LogP contribution < -0.4 is 10.2 Å². The van der Waals surface area contributed by atoms with Gasteiger partial charge in [-0.3, -0.25) is 9.59 Å². The highest BCUT2D eigenvalue weighted by Gasteiger charge is 2.56. The fraction of sp³-hybridized carbons (Fsp3) is 0.222. The minimum absolute atomic E-state index is 0.152. The highest BCUT2D eigenvalue weighted by molar-refractivity contribution is 6.14. The summed E-state index contributed by atoms with van der Waals surface area (Å²) in [6, 6.07) is 13.2. The van der Waals surface area contributed by atoms with E-state index in [9.17, 15) is 9.59 Å². The van der Waals surface area contributed by atoms with Crippen LogP contribution in [0.15, 0.2) is 42.5 Å². The number of likely N-dealkylation sites (N-methyl/N-ethyl adjacent to an activating group) is 2. The summed E-state index contributed by atoms with van der Waals surface area (Å²) in [5.41, 5.74) is 2.74. The minimum Gasteiger partial charge on any atom is -0.350 e. The Hall–Kier alpha value is -2.82. The maximum absolute atomic E-state index is 13.0. The lowest BCUT2D eigenvalue weighted by Crippen LogP contribution is -2.60. The van der Waals surface area contributed by atoms with Gasteiger partial charge in [0.2, 0.25) is 5.66 Å². The number of hydrogen-bond donors (Lipinski definition) is 1. The van der Waals surface area contributed by atoms with Gasteiger partial charge in [0.1, 0.15) is 0 Å². The molecule has 0 saturated heterocycles. The van der Waals surface area contributed by atoms with Crippen LogP contribution in [-0.2, 0) is 10.5 Å². The maximum atomic E-state index is 13.0. The highest BCUT2D eigenvalue weighted by atomic mass is 16.2. The van der Waals surface area contributed by atoms with E-state index in [1.165, 1.54) is 4.90 Å². The molecule has 2 aliphatic heterocycles. The molecule has 0 aliphatic carbocycles. The van der Waals surface area contributed by atoms with Crippen LogP contribution in [0.25, 0.3) is 0 Å². The molecule has 5 heteroatoms. The number of fused-ring (bicyclic) bond motifs is 3. The Kier molecular flexibility index (Phi) is 2.61. The van der Waals surface area contributed by atoms with Crippen molar-refractivity contribution in [3.63, 3.8) is 0 Å². The Morgan fingerprint density at radius 3 is 2.57 bits per heavy atom. The zero-order chi connectivity index (χ0) is 16.4. The van der Waals surface area contributed by atoms with Gasteiger partial charge in [-0.15, -0.1) is 0 Å². The molecule has 1 atom stereocenters. The van der Waals surface area contributed by atoms with Crippen molar-refractivity contribution >= 4 is 23.2 Å². The van der Waals surface area contributed by atoms with E-state index in [2.05, 4.69) is 5.32 Å². The van der Waals surface area contributed by atoms with Crippen molar-refractivity contribution in [2.24, 2.45) is 0 Å². The number of carbonyl (C=O) groups excluding carboxylic acids is 2. The predicted molar refractivity (Wildman–Crippen MR) is 88.4 cm³/mol. The van der Waals surface area contributed by atoms with Gasteiger partial charge in [0.15, 0.2) is 0 Å². The number of amides is 2. The third-order valence-corrected chi connectivity index (χ3v) is 4.80. The molecule has 0 radical (unpaired) electrons. The molecular weight excluding hydrogens is 290 g/mol. The first-order chi connectivity index (χ1) is 11.0. The summed E-state index contributed by atoms with van der Waals surface area (Å²) in [5, 5.41) is 3.33. The molecule has 116 valence electrons. The van der Waals surface area contributed by atoms with Gasteiger partial charge in [0.25, 0.3) is 11.8 Å². The second kappa shape index (κ2) is 4.35. The number of nitrogens with zero attached hydrogens (tertiary/aromatic N) is 2. The molecular formula is C18H17N3O2. The molecule has 4 rings (SSSR count). The first-order valence-electron chi connectivity index (χ1n) is 7.51. The summed E-state index contributed by atoms with van der Waals surface area (Å²) >= 11 is 0. The molecule has 0 bridgehead atoms. The SMILES string of the molecule is Cc1ccc2c(c1)C(=O)N(C)[C@]1(N2)C(=O)N(C)c2ccccc21. The smallest absolute Gasteiger partial charge is 0.278 e. The average molecular weight is 307 g/mol. The monoisotopic (exact) mass is 307 g/mol. The second-order valence-corrected chi connectivity index (χ2v) is 6.13. The zero-order valence-corrected chi connectivity index (χ0v) is 13.3. The minimum atomic E-state index is -1.18. The molecule has 0 saturated carbocycles. The first-order valence-corrected chi connectivity index (χ1v) is 7.51. The van der Waals surface area contributed by atoms with Gasteiger partial charge in [-0.2, -0.15) is 0 Å². The summed E-state index contributed by atoms with van der Waals surface area (Å²) in [6.45, 7) is 1.95. The van der Waals surface area contributed by atoms with E-state index in [0.717, 1.165) is 16.8 Å². The van der Waals surface area contributed by atoms with Crippen LogP contribution in [0.2, 0.25) is 0 Å². The summed E-state index contributed by atoms with van der Waals surface area (Å²) in [4.78, 5) is 29.1. The van der Waals surface area contributed by atoms with Crippen LogP contribution in [0.4, 0.5) is 11.4 Å². The van der Waals surface area contributed by atoms with Gasteiger partial charge in [0.05, 0.1) is 11.3 Å². The molecule has 1 spiro atoms. The lowest BCUT2D eigenvalue weighted by atomic mass is 9.93. The van der Waals surface area contributed by atoms with Gasteiger partial charge < -0.3 is 15.1 Å². The number of anilines is 2. The third kappa shape index (κ3) is 1.56. The second-order valence-electron chi connectivity index (χ2n) is 6.13. The zero-order valence-electron chi connectivity index (χ0n) is 13.3. The number of rotatable bonds is 0. The van der Waals surface area contributed by atoms with Crippen LogP contribution in [0.5, 0.6) is 0 Å². The number of aryl methyl sites for hydroxylation is 1. The quantitative estimate of drug-likeness (QED) is 0.812. The van der Waals surface area contributed by atoms with E-state index in [-0.39, 0.29) is 11.8 Å². The van der Waals surface area contributed by atoms with Crippen molar-refractivity contribution in [2.45, 2.75) is 12.6 Å². The largest absolute Gasteiger partial charge is 0.350 e. The summed E-state index contributed by atoms with van der Waals surface area (Å²) < 4.78 is 0. The van der Waals surface area contributed by atoms with E-state index < -0.39 is 5.66 Å². The van der Waals surface area contributed by atoms with E-state index in [1.54, 1.807) is 19.0 Å². The average Bonchev–Trinajstić information content (AvgIpc) is 2.77. The Balaban J connectivity index is 1.98. The van der Waals surface area contributed by atoms with Gasteiger partial charge in [-0.25, -0.2) is 0 Å². The van der Waals surface area contributed by atoms with Crippen molar-refractivity contribution in [3.05, 3.63) is 59.2 Å². The fourth-order valence-corrected chi connectivity index (χ4v) is 3.54. The molecule has 0 unspecified atom stereocenters. The Labute approximate surface area is 134 Å². The first kappa shape index (κ1) is 13.8. The molecule has 2 heterocycles. The molecule has 0 aromatic heterocycles. The maximum Gasteiger partial charge on any atom is 0.278 e. The lowest BCUT2D eigenvalue weighted by Gasteiger charge is -2.43. The Morgan fingerprint density at radius 2 is 1.78 bits per heavy atom. The molecule has 1 N–H and O–H groups in total. The van der Waals surface area contributed by atoms with E-state index in [0.29, 0.717) is 11.3 Å². The van der Waals surface area contributed by atoms with Gasteiger partial charge >= 0.3 is 0 Å². The van der Waals surface area contributed by atoms with Crippen LogP contribution in [0.3, 0.4) is 0 Å². The predicted octanol–water partition coefficient (Wildman–Crippen LogP) is 2.32. The van der Waals surface area contributed by atoms with Gasteiger partial charge in [-0.1, -0.05) is 29.8 Å². The molecule has 2 aromatic carbocycles. The molecule has 2 amide bonds. The molecule has 2 aliphatic rings. The van der Waals surface area contributed by atoms with Crippen molar-refractivity contribution in [1.29, 1.82) is 0 Å². The van der Waals surface area contributed by atoms with Crippen LogP contribution >= 0.6 is 0 Å². The molecule has 2 aromatic rings. The van der Waals surface area contributed by atoms with E-state index >= 15 is 0 Å². The Bertz CT molecular complexity index is 861. The normalized spacial score (nSPS) is 22.2. The van der Waals surface area contributed by atoms with Crippen molar-refractivity contribution in [2.75, 3.05) is 24.3 Å². The summed E-state index contributed by atoms with van der Waals surface area (Å²) in [6.07, 6.45) is 0. The highest BCUT2D eigenvalue weighted by Crippen LogP contribution is 2.46. The third-order valence-electron chi connectivity index (χ3n) is 4.80. The van der Waals surface area contributed by atoms with Gasteiger partial charge in [-0.05, 0) is 25.1 Å². The lowest BCUT2D eigenvalue weighted by molar-refractivity contribution is -0.126.